The molecule has 6 heteroatoms. The zero-order chi connectivity index (χ0) is 15.7. The highest BCUT2D eigenvalue weighted by atomic mass is 16.3. The maximum Gasteiger partial charge on any atom is 0.319 e. The molecule has 0 saturated heterocycles. The Bertz CT molecular complexity index is 450. The molecule has 0 aliphatic rings. The van der Waals surface area contributed by atoms with Crippen LogP contribution < -0.4 is 16.0 Å². The molecule has 0 aromatic heterocycles. The highest BCUT2D eigenvalue weighted by molar-refractivity contribution is 5.92. The van der Waals surface area contributed by atoms with Gasteiger partial charge in [0.25, 0.3) is 0 Å². The Kier molecular flexibility index (Phi) is 6.68. The average molecular weight is 293 g/mol. The molecule has 4 N–H and O–H groups in total. The third-order valence-corrected chi connectivity index (χ3v) is 3.50. The Morgan fingerprint density at radius 1 is 1.14 bits per heavy atom. The normalized spacial score (nSPS) is 10.8. The SMILES string of the molecule is CCC(CC)(CO)NC(=O)CNC(=O)Nc1ccccc1. The fourth-order valence-corrected chi connectivity index (χ4v) is 1.89. The summed E-state index contributed by atoms with van der Waals surface area (Å²) < 4.78 is 0. The summed E-state index contributed by atoms with van der Waals surface area (Å²) in [6.45, 7) is 3.54. The van der Waals surface area contributed by atoms with Crippen molar-refractivity contribution in [3.8, 4) is 0 Å². The topological polar surface area (TPSA) is 90.5 Å². The lowest BCUT2D eigenvalue weighted by Gasteiger charge is -2.30. The third-order valence-electron chi connectivity index (χ3n) is 3.50. The lowest BCUT2D eigenvalue weighted by Crippen LogP contribution is -2.53. The number of anilines is 1. The van der Waals surface area contributed by atoms with E-state index in [1.807, 2.05) is 19.9 Å². The maximum atomic E-state index is 11.8. The molecule has 0 bridgehead atoms. The number of urea groups is 1. The Hall–Kier alpha value is -2.08. The first-order valence-electron chi connectivity index (χ1n) is 7.07. The molecule has 1 aromatic carbocycles. The third kappa shape index (κ3) is 5.43. The number of aliphatic hydroxyl groups is 1. The molecule has 0 aliphatic heterocycles. The first kappa shape index (κ1) is 17.0. The van der Waals surface area contributed by atoms with Gasteiger partial charge in [0.1, 0.15) is 0 Å². The van der Waals surface area contributed by atoms with E-state index in [1.54, 1.807) is 24.3 Å². The number of rotatable bonds is 7. The van der Waals surface area contributed by atoms with Crippen LogP contribution in [-0.2, 0) is 4.79 Å². The Morgan fingerprint density at radius 3 is 2.29 bits per heavy atom. The van der Waals surface area contributed by atoms with E-state index in [1.165, 1.54) is 0 Å². The molecule has 0 heterocycles. The highest BCUT2D eigenvalue weighted by Crippen LogP contribution is 2.13. The smallest absolute Gasteiger partial charge is 0.319 e. The van der Waals surface area contributed by atoms with E-state index in [0.717, 1.165) is 0 Å². The van der Waals surface area contributed by atoms with Crippen molar-refractivity contribution in [2.24, 2.45) is 0 Å². The second-order valence-electron chi connectivity index (χ2n) is 4.87. The number of benzene rings is 1. The summed E-state index contributed by atoms with van der Waals surface area (Å²) in [7, 11) is 0. The van der Waals surface area contributed by atoms with Gasteiger partial charge in [-0.05, 0) is 25.0 Å². The van der Waals surface area contributed by atoms with Crippen LogP contribution in [0.2, 0.25) is 0 Å². The van der Waals surface area contributed by atoms with Crippen LogP contribution in [0.3, 0.4) is 0 Å². The van der Waals surface area contributed by atoms with Gasteiger partial charge < -0.3 is 21.1 Å². The van der Waals surface area contributed by atoms with E-state index >= 15 is 0 Å². The summed E-state index contributed by atoms with van der Waals surface area (Å²) in [4.78, 5) is 23.5. The molecule has 21 heavy (non-hydrogen) atoms. The molecule has 0 radical (unpaired) electrons. The van der Waals surface area contributed by atoms with Gasteiger partial charge in [0.2, 0.25) is 5.91 Å². The van der Waals surface area contributed by atoms with E-state index in [2.05, 4.69) is 16.0 Å². The molecule has 0 saturated carbocycles. The van der Waals surface area contributed by atoms with Crippen molar-refractivity contribution in [1.29, 1.82) is 0 Å². The van der Waals surface area contributed by atoms with Gasteiger partial charge in [0, 0.05) is 5.69 Å². The van der Waals surface area contributed by atoms with Gasteiger partial charge in [-0.15, -0.1) is 0 Å². The lowest BCUT2D eigenvalue weighted by atomic mass is 9.94. The fraction of sp³-hybridized carbons (Fsp3) is 0.467. The van der Waals surface area contributed by atoms with Crippen LogP contribution >= 0.6 is 0 Å². The van der Waals surface area contributed by atoms with Gasteiger partial charge in [0.15, 0.2) is 0 Å². The van der Waals surface area contributed by atoms with Crippen LogP contribution in [-0.4, -0.2) is 35.7 Å². The van der Waals surface area contributed by atoms with Crippen LogP contribution in [0.15, 0.2) is 30.3 Å². The molecule has 0 atom stereocenters. The first-order valence-corrected chi connectivity index (χ1v) is 7.07. The summed E-state index contributed by atoms with van der Waals surface area (Å²) in [6, 6.07) is 8.52. The predicted octanol–water partition coefficient (Wildman–Crippen LogP) is 1.48. The summed E-state index contributed by atoms with van der Waals surface area (Å²) in [5.74, 6) is -0.323. The number of hydrogen-bond donors (Lipinski definition) is 4. The van der Waals surface area contributed by atoms with Crippen LogP contribution in [0.5, 0.6) is 0 Å². The van der Waals surface area contributed by atoms with Crippen molar-refractivity contribution in [2.45, 2.75) is 32.2 Å². The Balaban J connectivity index is 2.40. The van der Waals surface area contributed by atoms with Crippen molar-refractivity contribution in [3.05, 3.63) is 30.3 Å². The van der Waals surface area contributed by atoms with E-state index in [0.29, 0.717) is 18.5 Å². The molecular formula is C15H23N3O3. The monoisotopic (exact) mass is 293 g/mol. The van der Waals surface area contributed by atoms with E-state index in [-0.39, 0.29) is 19.1 Å². The van der Waals surface area contributed by atoms with Gasteiger partial charge in [-0.25, -0.2) is 4.79 Å². The minimum absolute atomic E-state index is 0.123. The lowest BCUT2D eigenvalue weighted by molar-refractivity contribution is -0.122. The van der Waals surface area contributed by atoms with Gasteiger partial charge in [-0.3, -0.25) is 4.79 Å². The van der Waals surface area contributed by atoms with Gasteiger partial charge in [-0.2, -0.15) is 0 Å². The molecule has 3 amide bonds. The van der Waals surface area contributed by atoms with Crippen LogP contribution in [0.25, 0.3) is 0 Å². The van der Waals surface area contributed by atoms with Crippen LogP contribution in [0.4, 0.5) is 10.5 Å². The fourth-order valence-electron chi connectivity index (χ4n) is 1.89. The number of hydrogen-bond acceptors (Lipinski definition) is 3. The zero-order valence-electron chi connectivity index (χ0n) is 12.5. The Morgan fingerprint density at radius 2 is 1.76 bits per heavy atom. The standard InChI is InChI=1S/C15H23N3O3/c1-3-15(4-2,11-19)18-13(20)10-16-14(21)17-12-8-6-5-7-9-12/h5-9,19H,3-4,10-11H2,1-2H3,(H,18,20)(H2,16,17,21). The largest absolute Gasteiger partial charge is 0.394 e. The maximum absolute atomic E-state index is 11.8. The van der Waals surface area contributed by atoms with Crippen LogP contribution in [0, 0.1) is 0 Å². The number of aliphatic hydroxyl groups excluding tert-OH is 1. The molecule has 0 aliphatic carbocycles. The zero-order valence-corrected chi connectivity index (χ0v) is 12.5. The predicted molar refractivity (Wildman–Crippen MR) is 82.0 cm³/mol. The quantitative estimate of drug-likeness (QED) is 0.613. The van der Waals surface area contributed by atoms with Gasteiger partial charge in [0.05, 0.1) is 18.7 Å². The molecule has 0 spiro atoms. The number of carbonyl (C=O) groups excluding carboxylic acids is 2. The number of nitrogens with one attached hydrogen (secondary N) is 3. The van der Waals surface area contributed by atoms with Crippen molar-refractivity contribution in [1.82, 2.24) is 10.6 Å². The second kappa shape index (κ2) is 8.26. The molecule has 0 unspecified atom stereocenters. The first-order chi connectivity index (χ1) is 10.0. The van der Waals surface area contributed by atoms with E-state index < -0.39 is 11.6 Å². The molecular weight excluding hydrogens is 270 g/mol. The summed E-state index contributed by atoms with van der Waals surface area (Å²) in [6.07, 6.45) is 1.25. The van der Waals surface area contributed by atoms with Crippen molar-refractivity contribution < 1.29 is 14.7 Å². The molecule has 1 rings (SSSR count). The highest BCUT2D eigenvalue weighted by Gasteiger charge is 2.26. The minimum atomic E-state index is -0.616. The Labute approximate surface area is 124 Å². The number of para-hydroxylation sites is 1. The molecule has 0 fully saturated rings. The molecule has 6 nitrogen and oxygen atoms in total. The van der Waals surface area contributed by atoms with Crippen molar-refractivity contribution in [2.75, 3.05) is 18.5 Å². The van der Waals surface area contributed by atoms with Crippen LogP contribution in [0.1, 0.15) is 26.7 Å². The van der Waals surface area contributed by atoms with Gasteiger partial charge >= 0.3 is 6.03 Å². The summed E-state index contributed by atoms with van der Waals surface area (Å²) in [5.41, 5.74) is 0.0384. The van der Waals surface area contributed by atoms with Crippen molar-refractivity contribution >= 4 is 17.6 Å². The summed E-state index contributed by atoms with van der Waals surface area (Å²) in [5, 5.41) is 17.3. The second-order valence-corrected chi connectivity index (χ2v) is 4.87. The number of carbonyl (C=O) groups is 2. The van der Waals surface area contributed by atoms with E-state index in [4.69, 9.17) is 0 Å². The summed E-state index contributed by atoms with van der Waals surface area (Å²) >= 11 is 0. The average Bonchev–Trinajstić information content (AvgIpc) is 2.52. The van der Waals surface area contributed by atoms with E-state index in [9.17, 15) is 14.7 Å². The molecule has 116 valence electrons. The number of amides is 3. The van der Waals surface area contributed by atoms with Gasteiger partial charge in [-0.1, -0.05) is 32.0 Å². The minimum Gasteiger partial charge on any atom is -0.394 e. The van der Waals surface area contributed by atoms with Crippen molar-refractivity contribution in [3.63, 3.8) is 0 Å². The molecule has 1 aromatic rings.